The zero-order valence-electron chi connectivity index (χ0n) is 16.5. The Balaban J connectivity index is 1.55. The summed E-state index contributed by atoms with van der Waals surface area (Å²) in [5, 5.41) is 2.28. The fourth-order valence-electron chi connectivity index (χ4n) is 3.74. The summed E-state index contributed by atoms with van der Waals surface area (Å²) in [5.41, 5.74) is -0.224. The highest BCUT2D eigenvalue weighted by Gasteiger charge is 2.59. The van der Waals surface area contributed by atoms with Gasteiger partial charge in [0.1, 0.15) is 18.1 Å². The largest absolute Gasteiger partial charge is 0.400 e. The number of hydrogen-bond acceptors (Lipinski definition) is 6. The Kier molecular flexibility index (Phi) is 6.34. The van der Waals surface area contributed by atoms with E-state index in [2.05, 4.69) is 20.8 Å². The molecule has 2 aliphatic rings. The predicted molar refractivity (Wildman–Crippen MR) is 113 cm³/mol. The van der Waals surface area contributed by atoms with E-state index in [-0.39, 0.29) is 51.7 Å². The van der Waals surface area contributed by atoms with Crippen molar-refractivity contribution in [1.82, 2.24) is 20.8 Å². The third-order valence-electron chi connectivity index (χ3n) is 5.58. The molecule has 8 nitrogen and oxygen atoms in total. The number of carbonyl (C=O) groups excluding carboxylic acids is 2. The van der Waals surface area contributed by atoms with Crippen LogP contribution in [0, 0.1) is 0 Å². The standard InChI is InChI=1S/C19H15Cl3F3N5O3/c20-11-3-10(4-12(21)14(11)22)18(19(23,24)25)1-2-30(8-18)17-26-5-9(6-27-17)15(31)28-13-7-33-29-16(13)32/h3-6,13H,1-2,7-8H2,(H,28,31)(H,29,32). The lowest BCUT2D eigenvalue weighted by molar-refractivity contribution is -0.184. The highest BCUT2D eigenvalue weighted by atomic mass is 35.5. The lowest BCUT2D eigenvalue weighted by atomic mass is 9.79. The fourth-order valence-corrected chi connectivity index (χ4v) is 4.33. The van der Waals surface area contributed by atoms with Gasteiger partial charge in [0.05, 0.1) is 20.6 Å². The van der Waals surface area contributed by atoms with E-state index >= 15 is 0 Å². The van der Waals surface area contributed by atoms with Gasteiger partial charge < -0.3 is 10.2 Å². The van der Waals surface area contributed by atoms with Crippen molar-refractivity contribution < 1.29 is 27.6 Å². The van der Waals surface area contributed by atoms with Gasteiger partial charge in [-0.25, -0.2) is 15.4 Å². The summed E-state index contributed by atoms with van der Waals surface area (Å²) in [6, 6.07) is 1.48. The number of anilines is 1. The number of carbonyl (C=O) groups is 2. The first-order chi connectivity index (χ1) is 15.5. The Hall–Kier alpha value is -2.34. The normalized spacial score (nSPS) is 23.0. The number of nitrogens with zero attached hydrogens (tertiary/aromatic N) is 3. The monoisotopic (exact) mass is 523 g/mol. The fraction of sp³-hybridized carbons (Fsp3) is 0.368. The number of halogens is 6. The molecular weight excluding hydrogens is 510 g/mol. The molecule has 2 atom stereocenters. The summed E-state index contributed by atoms with van der Waals surface area (Å²) in [5.74, 6) is -1.10. The number of rotatable bonds is 4. The summed E-state index contributed by atoms with van der Waals surface area (Å²) in [4.78, 5) is 37.9. The van der Waals surface area contributed by atoms with Crippen LogP contribution in [0.15, 0.2) is 24.5 Å². The molecular formula is C19H15Cl3F3N5O3. The van der Waals surface area contributed by atoms with Crippen LogP contribution < -0.4 is 15.7 Å². The molecule has 3 heterocycles. The van der Waals surface area contributed by atoms with Gasteiger partial charge in [-0.15, -0.1) is 0 Å². The van der Waals surface area contributed by atoms with Crippen molar-refractivity contribution in [3.8, 4) is 0 Å². The SMILES string of the molecule is O=C(NC1CONC1=O)c1cnc(N2CCC(c3cc(Cl)c(Cl)c(Cl)c3)(C(F)(F)F)C2)nc1. The van der Waals surface area contributed by atoms with Crippen molar-refractivity contribution in [2.75, 3.05) is 24.6 Å². The lowest BCUT2D eigenvalue weighted by Crippen LogP contribution is -2.45. The maximum Gasteiger partial charge on any atom is 0.400 e. The third kappa shape index (κ3) is 4.42. The van der Waals surface area contributed by atoms with E-state index < -0.39 is 36.0 Å². The first-order valence-electron chi connectivity index (χ1n) is 9.53. The van der Waals surface area contributed by atoms with Crippen LogP contribution in [0.2, 0.25) is 15.1 Å². The van der Waals surface area contributed by atoms with E-state index in [9.17, 15) is 22.8 Å². The second-order valence-corrected chi connectivity index (χ2v) is 8.77. The van der Waals surface area contributed by atoms with Gasteiger partial charge in [0, 0.05) is 25.5 Å². The zero-order valence-corrected chi connectivity index (χ0v) is 18.8. The molecule has 0 spiro atoms. The molecule has 4 rings (SSSR count). The number of nitrogens with one attached hydrogen (secondary N) is 2. The van der Waals surface area contributed by atoms with Crippen LogP contribution in [0.1, 0.15) is 22.3 Å². The van der Waals surface area contributed by atoms with Gasteiger partial charge in [-0.2, -0.15) is 13.2 Å². The Morgan fingerprint density at radius 1 is 1.21 bits per heavy atom. The molecule has 2 aromatic rings. The Labute approximate surface area is 200 Å². The van der Waals surface area contributed by atoms with E-state index in [1.807, 2.05) is 0 Å². The zero-order chi connectivity index (χ0) is 24.0. The van der Waals surface area contributed by atoms with E-state index in [1.165, 1.54) is 29.4 Å². The van der Waals surface area contributed by atoms with Crippen molar-refractivity contribution in [2.45, 2.75) is 24.1 Å². The molecule has 2 saturated heterocycles. The first kappa shape index (κ1) is 23.8. The molecule has 33 heavy (non-hydrogen) atoms. The number of amides is 2. The third-order valence-corrected chi connectivity index (χ3v) is 6.77. The van der Waals surface area contributed by atoms with Crippen LogP contribution in [0.4, 0.5) is 19.1 Å². The van der Waals surface area contributed by atoms with Gasteiger partial charge in [0.2, 0.25) is 5.95 Å². The summed E-state index contributed by atoms with van der Waals surface area (Å²) in [6.45, 7) is -0.506. The minimum Gasteiger partial charge on any atom is -0.340 e. The number of benzene rings is 1. The molecule has 2 aliphatic heterocycles. The second-order valence-electron chi connectivity index (χ2n) is 7.58. The highest BCUT2D eigenvalue weighted by Crippen LogP contribution is 2.50. The highest BCUT2D eigenvalue weighted by molar-refractivity contribution is 6.48. The average Bonchev–Trinajstić information content (AvgIpc) is 3.39. The molecule has 1 aromatic carbocycles. The van der Waals surface area contributed by atoms with Gasteiger partial charge in [-0.1, -0.05) is 34.8 Å². The van der Waals surface area contributed by atoms with Crippen LogP contribution in [-0.4, -0.2) is 53.7 Å². The summed E-state index contributed by atoms with van der Waals surface area (Å²) in [7, 11) is 0. The molecule has 2 N–H and O–H groups in total. The maximum atomic E-state index is 14.3. The average molecular weight is 525 g/mol. The first-order valence-corrected chi connectivity index (χ1v) is 10.7. The van der Waals surface area contributed by atoms with E-state index in [4.69, 9.17) is 39.6 Å². The number of aromatic nitrogens is 2. The minimum absolute atomic E-state index is 0.00248. The van der Waals surface area contributed by atoms with Crippen LogP contribution in [0.25, 0.3) is 0 Å². The second kappa shape index (κ2) is 8.79. The summed E-state index contributed by atoms with van der Waals surface area (Å²) >= 11 is 17.9. The maximum absolute atomic E-state index is 14.3. The molecule has 176 valence electrons. The molecule has 2 fully saturated rings. The molecule has 0 radical (unpaired) electrons. The van der Waals surface area contributed by atoms with Crippen molar-refractivity contribution in [1.29, 1.82) is 0 Å². The van der Waals surface area contributed by atoms with Crippen LogP contribution in [-0.2, 0) is 15.0 Å². The Bertz CT molecular complexity index is 1080. The van der Waals surface area contributed by atoms with Crippen molar-refractivity contribution in [2.24, 2.45) is 0 Å². The Morgan fingerprint density at radius 3 is 2.39 bits per heavy atom. The van der Waals surface area contributed by atoms with E-state index in [0.29, 0.717) is 0 Å². The molecule has 2 unspecified atom stereocenters. The van der Waals surface area contributed by atoms with E-state index in [0.717, 1.165) is 0 Å². The van der Waals surface area contributed by atoms with Gasteiger partial charge in [0.25, 0.3) is 11.8 Å². The lowest BCUT2D eigenvalue weighted by Gasteiger charge is -2.32. The topological polar surface area (TPSA) is 96.5 Å². The van der Waals surface area contributed by atoms with Gasteiger partial charge >= 0.3 is 6.18 Å². The Morgan fingerprint density at radius 2 is 1.85 bits per heavy atom. The number of alkyl halides is 3. The molecule has 0 aliphatic carbocycles. The summed E-state index contributed by atoms with van der Waals surface area (Å²) in [6.07, 6.45) is -2.55. The minimum atomic E-state index is -4.62. The van der Waals surface area contributed by atoms with Crippen molar-refractivity contribution in [3.63, 3.8) is 0 Å². The van der Waals surface area contributed by atoms with Gasteiger partial charge in [-0.05, 0) is 24.1 Å². The number of hydroxylamine groups is 1. The summed E-state index contributed by atoms with van der Waals surface area (Å²) < 4.78 is 42.8. The van der Waals surface area contributed by atoms with Gasteiger partial charge in [0.15, 0.2) is 0 Å². The molecule has 14 heteroatoms. The van der Waals surface area contributed by atoms with Crippen molar-refractivity contribution >= 4 is 52.6 Å². The molecule has 1 aromatic heterocycles. The van der Waals surface area contributed by atoms with Gasteiger partial charge in [-0.3, -0.25) is 14.4 Å². The van der Waals surface area contributed by atoms with Crippen LogP contribution in [0.5, 0.6) is 0 Å². The molecule has 0 bridgehead atoms. The molecule has 0 saturated carbocycles. The predicted octanol–water partition coefficient (Wildman–Crippen LogP) is 3.31. The van der Waals surface area contributed by atoms with E-state index in [1.54, 1.807) is 0 Å². The quantitative estimate of drug-likeness (QED) is 0.596. The van der Waals surface area contributed by atoms with Crippen LogP contribution >= 0.6 is 34.8 Å². The van der Waals surface area contributed by atoms with Crippen molar-refractivity contribution in [3.05, 3.63) is 50.7 Å². The number of hydrogen-bond donors (Lipinski definition) is 2. The molecule has 2 amide bonds. The van der Waals surface area contributed by atoms with Crippen LogP contribution in [0.3, 0.4) is 0 Å². The smallest absolute Gasteiger partial charge is 0.340 e.